The molecule has 1 aromatic carbocycles. The van der Waals surface area contributed by atoms with Crippen molar-refractivity contribution in [3.8, 4) is 0 Å². The maximum atomic E-state index is 13.2. The Labute approximate surface area is 113 Å². The SMILES string of the molecule is CC(C)N(C)CC(=O)NCc1ccc(F)c(CO)c1. The van der Waals surface area contributed by atoms with Crippen LogP contribution in [0.1, 0.15) is 25.0 Å². The zero-order valence-corrected chi connectivity index (χ0v) is 11.6. The number of aliphatic hydroxyl groups excluding tert-OH is 1. The molecule has 0 saturated carbocycles. The summed E-state index contributed by atoms with van der Waals surface area (Å²) in [6.07, 6.45) is 0. The fourth-order valence-electron chi connectivity index (χ4n) is 1.52. The van der Waals surface area contributed by atoms with Gasteiger partial charge in [-0.15, -0.1) is 0 Å². The Kier molecular flexibility index (Phi) is 5.92. The van der Waals surface area contributed by atoms with E-state index in [1.54, 1.807) is 12.1 Å². The number of hydrogen-bond acceptors (Lipinski definition) is 3. The average Bonchev–Trinajstić information content (AvgIpc) is 2.37. The number of nitrogens with zero attached hydrogens (tertiary/aromatic N) is 1. The van der Waals surface area contributed by atoms with Gasteiger partial charge in [0.05, 0.1) is 13.2 Å². The molecule has 0 unspecified atom stereocenters. The van der Waals surface area contributed by atoms with Crippen LogP contribution in [0.3, 0.4) is 0 Å². The number of likely N-dealkylation sites (N-methyl/N-ethyl adjacent to an activating group) is 1. The minimum atomic E-state index is -0.433. The summed E-state index contributed by atoms with van der Waals surface area (Å²) in [7, 11) is 1.88. The molecule has 0 atom stereocenters. The third kappa shape index (κ3) is 4.96. The van der Waals surface area contributed by atoms with Gasteiger partial charge in [-0.1, -0.05) is 6.07 Å². The summed E-state index contributed by atoms with van der Waals surface area (Å²) in [5.74, 6) is -0.511. The van der Waals surface area contributed by atoms with Crippen LogP contribution in [-0.4, -0.2) is 35.5 Å². The highest BCUT2D eigenvalue weighted by molar-refractivity contribution is 5.78. The van der Waals surface area contributed by atoms with Gasteiger partial charge in [-0.05, 0) is 38.6 Å². The van der Waals surface area contributed by atoms with E-state index in [2.05, 4.69) is 5.32 Å². The molecule has 106 valence electrons. The fourth-order valence-corrected chi connectivity index (χ4v) is 1.52. The normalized spacial score (nSPS) is 11.1. The quantitative estimate of drug-likeness (QED) is 0.817. The summed E-state index contributed by atoms with van der Waals surface area (Å²) < 4.78 is 13.2. The van der Waals surface area contributed by atoms with Crippen LogP contribution >= 0.6 is 0 Å². The Hall–Kier alpha value is -1.46. The highest BCUT2D eigenvalue weighted by Gasteiger charge is 2.09. The van der Waals surface area contributed by atoms with Gasteiger partial charge in [0.2, 0.25) is 5.91 Å². The van der Waals surface area contributed by atoms with Gasteiger partial charge in [-0.25, -0.2) is 4.39 Å². The molecular weight excluding hydrogens is 247 g/mol. The predicted molar refractivity (Wildman–Crippen MR) is 71.9 cm³/mol. The standard InChI is InChI=1S/C14H21FN2O2/c1-10(2)17(3)8-14(19)16-7-11-4-5-13(15)12(6-11)9-18/h4-6,10,18H,7-9H2,1-3H3,(H,16,19). The van der Waals surface area contributed by atoms with E-state index in [-0.39, 0.29) is 18.1 Å². The molecule has 0 bridgehead atoms. The number of rotatable bonds is 6. The number of amides is 1. The number of benzene rings is 1. The van der Waals surface area contributed by atoms with Crippen molar-refractivity contribution >= 4 is 5.91 Å². The van der Waals surface area contributed by atoms with Crippen molar-refractivity contribution in [1.29, 1.82) is 0 Å². The van der Waals surface area contributed by atoms with Crippen molar-refractivity contribution < 1.29 is 14.3 Å². The van der Waals surface area contributed by atoms with E-state index < -0.39 is 5.82 Å². The molecule has 0 heterocycles. The van der Waals surface area contributed by atoms with Crippen molar-refractivity contribution in [3.63, 3.8) is 0 Å². The van der Waals surface area contributed by atoms with Crippen LogP contribution in [0.2, 0.25) is 0 Å². The molecular formula is C14H21FN2O2. The van der Waals surface area contributed by atoms with Crippen molar-refractivity contribution in [3.05, 3.63) is 35.1 Å². The number of hydrogen-bond donors (Lipinski definition) is 2. The van der Waals surface area contributed by atoms with E-state index in [1.807, 2.05) is 25.8 Å². The van der Waals surface area contributed by atoms with Gasteiger partial charge < -0.3 is 10.4 Å². The lowest BCUT2D eigenvalue weighted by atomic mass is 10.1. The second-order valence-corrected chi connectivity index (χ2v) is 4.87. The Morgan fingerprint density at radius 3 is 2.74 bits per heavy atom. The number of carbonyl (C=O) groups excluding carboxylic acids is 1. The zero-order chi connectivity index (χ0) is 14.4. The first kappa shape index (κ1) is 15.6. The molecule has 1 aromatic rings. The highest BCUT2D eigenvalue weighted by Crippen LogP contribution is 2.10. The predicted octanol–water partition coefficient (Wildman–Crippen LogP) is 1.27. The van der Waals surface area contributed by atoms with Crippen LogP contribution in [0.4, 0.5) is 4.39 Å². The third-order valence-electron chi connectivity index (χ3n) is 3.04. The Bertz CT molecular complexity index is 435. The summed E-state index contributed by atoms with van der Waals surface area (Å²) in [5, 5.41) is 11.7. The third-order valence-corrected chi connectivity index (χ3v) is 3.04. The number of carbonyl (C=O) groups is 1. The lowest BCUT2D eigenvalue weighted by Gasteiger charge is -2.20. The second kappa shape index (κ2) is 7.21. The van der Waals surface area contributed by atoms with Gasteiger partial charge in [-0.2, -0.15) is 0 Å². The number of halogens is 1. The van der Waals surface area contributed by atoms with Gasteiger partial charge in [0.15, 0.2) is 0 Å². The van der Waals surface area contributed by atoms with Gasteiger partial charge in [0, 0.05) is 18.2 Å². The first-order chi connectivity index (χ1) is 8.93. The van der Waals surface area contributed by atoms with Gasteiger partial charge in [0.25, 0.3) is 0 Å². The lowest BCUT2D eigenvalue weighted by molar-refractivity contribution is -0.122. The average molecular weight is 268 g/mol. The van der Waals surface area contributed by atoms with Crippen molar-refractivity contribution in [2.75, 3.05) is 13.6 Å². The summed E-state index contributed by atoms with van der Waals surface area (Å²) in [5.41, 5.74) is 1.01. The van der Waals surface area contributed by atoms with Gasteiger partial charge >= 0.3 is 0 Å². The van der Waals surface area contributed by atoms with Crippen molar-refractivity contribution in [2.24, 2.45) is 0 Å². The first-order valence-corrected chi connectivity index (χ1v) is 6.29. The molecule has 19 heavy (non-hydrogen) atoms. The Balaban J connectivity index is 2.50. The minimum absolute atomic E-state index is 0.0777. The topological polar surface area (TPSA) is 52.6 Å². The molecule has 2 N–H and O–H groups in total. The van der Waals surface area contributed by atoms with E-state index in [1.165, 1.54) is 6.07 Å². The molecule has 0 spiro atoms. The van der Waals surface area contributed by atoms with Crippen LogP contribution in [0.25, 0.3) is 0 Å². The van der Waals surface area contributed by atoms with E-state index in [0.717, 1.165) is 5.56 Å². The van der Waals surface area contributed by atoms with E-state index in [9.17, 15) is 9.18 Å². The van der Waals surface area contributed by atoms with Gasteiger partial charge in [0.1, 0.15) is 5.82 Å². The molecule has 0 fully saturated rings. The summed E-state index contributed by atoms with van der Waals surface area (Å²) >= 11 is 0. The number of nitrogens with one attached hydrogen (secondary N) is 1. The molecule has 4 nitrogen and oxygen atoms in total. The molecule has 0 aliphatic carbocycles. The zero-order valence-electron chi connectivity index (χ0n) is 11.6. The van der Waals surface area contributed by atoms with Gasteiger partial charge in [-0.3, -0.25) is 9.69 Å². The van der Waals surface area contributed by atoms with Crippen molar-refractivity contribution in [2.45, 2.75) is 33.0 Å². The van der Waals surface area contributed by atoms with E-state index in [4.69, 9.17) is 5.11 Å². The van der Waals surface area contributed by atoms with Crippen LogP contribution in [0.5, 0.6) is 0 Å². The van der Waals surface area contributed by atoms with Crippen LogP contribution < -0.4 is 5.32 Å². The minimum Gasteiger partial charge on any atom is -0.392 e. The van der Waals surface area contributed by atoms with Crippen LogP contribution in [0.15, 0.2) is 18.2 Å². The molecule has 1 amide bonds. The molecule has 0 radical (unpaired) electrons. The molecule has 0 aliphatic rings. The molecule has 5 heteroatoms. The molecule has 0 aromatic heterocycles. The second-order valence-electron chi connectivity index (χ2n) is 4.87. The van der Waals surface area contributed by atoms with Crippen molar-refractivity contribution in [1.82, 2.24) is 10.2 Å². The smallest absolute Gasteiger partial charge is 0.234 e. The summed E-state index contributed by atoms with van der Waals surface area (Å²) in [6, 6.07) is 4.76. The summed E-state index contributed by atoms with van der Waals surface area (Å²) in [4.78, 5) is 13.6. The summed E-state index contributed by atoms with van der Waals surface area (Å²) in [6.45, 7) is 4.34. The molecule has 1 rings (SSSR count). The number of aliphatic hydroxyl groups is 1. The maximum Gasteiger partial charge on any atom is 0.234 e. The molecule has 0 aliphatic heterocycles. The Morgan fingerprint density at radius 2 is 2.16 bits per heavy atom. The van der Waals surface area contributed by atoms with E-state index >= 15 is 0 Å². The van der Waals surface area contributed by atoms with Crippen LogP contribution in [0, 0.1) is 5.82 Å². The fraction of sp³-hybridized carbons (Fsp3) is 0.500. The van der Waals surface area contributed by atoms with E-state index in [0.29, 0.717) is 19.1 Å². The van der Waals surface area contributed by atoms with Crippen LogP contribution in [-0.2, 0) is 17.9 Å². The Morgan fingerprint density at radius 1 is 1.47 bits per heavy atom. The monoisotopic (exact) mass is 268 g/mol. The highest BCUT2D eigenvalue weighted by atomic mass is 19.1. The largest absolute Gasteiger partial charge is 0.392 e. The molecule has 0 saturated heterocycles. The maximum absolute atomic E-state index is 13.2. The lowest BCUT2D eigenvalue weighted by Crippen LogP contribution is -2.38. The first-order valence-electron chi connectivity index (χ1n) is 6.29.